The summed E-state index contributed by atoms with van der Waals surface area (Å²) < 4.78 is 18.9. The molecule has 0 saturated heterocycles. The maximum atomic E-state index is 13.7. The number of benzene rings is 2. The predicted octanol–water partition coefficient (Wildman–Crippen LogP) is 3.31. The summed E-state index contributed by atoms with van der Waals surface area (Å²) in [6.07, 6.45) is 1.98. The molecule has 1 saturated carbocycles. The van der Waals surface area contributed by atoms with Gasteiger partial charge >= 0.3 is 0 Å². The Bertz CT molecular complexity index is 899. The molecule has 1 aliphatic rings. The number of nitrogens with zero attached hydrogens (tertiary/aromatic N) is 2. The van der Waals surface area contributed by atoms with Crippen LogP contribution in [0.25, 0.3) is 0 Å². The van der Waals surface area contributed by atoms with Crippen LogP contribution < -0.4 is 15.4 Å². The van der Waals surface area contributed by atoms with Crippen LogP contribution in [0.3, 0.4) is 0 Å². The summed E-state index contributed by atoms with van der Waals surface area (Å²) in [5.74, 6) is 1.09. The monoisotopic (exact) mass is 540 g/mol. The highest BCUT2D eigenvalue weighted by molar-refractivity contribution is 14.0. The van der Waals surface area contributed by atoms with E-state index in [0.717, 1.165) is 29.7 Å². The lowest BCUT2D eigenvalue weighted by molar-refractivity contribution is -0.127. The highest BCUT2D eigenvalue weighted by Gasteiger charge is 2.44. The van der Waals surface area contributed by atoms with Gasteiger partial charge < -0.3 is 20.3 Å². The van der Waals surface area contributed by atoms with Gasteiger partial charge in [-0.2, -0.15) is 0 Å². The molecule has 6 nitrogen and oxygen atoms in total. The third-order valence-electron chi connectivity index (χ3n) is 5.37. The molecule has 0 spiro atoms. The number of likely N-dealkylation sites (N-methyl/N-ethyl adjacent to an activating group) is 1. The van der Waals surface area contributed by atoms with E-state index in [1.165, 1.54) is 11.0 Å². The summed E-state index contributed by atoms with van der Waals surface area (Å²) >= 11 is 0. The molecule has 0 unspecified atom stereocenters. The van der Waals surface area contributed by atoms with Crippen LogP contribution in [-0.4, -0.2) is 51.1 Å². The van der Waals surface area contributed by atoms with E-state index in [1.807, 2.05) is 30.3 Å². The van der Waals surface area contributed by atoms with E-state index in [2.05, 4.69) is 15.6 Å². The third-order valence-corrected chi connectivity index (χ3v) is 5.37. The fraction of sp³-hybridized carbons (Fsp3) is 0.391. The minimum Gasteiger partial charge on any atom is -0.497 e. The molecule has 2 aromatic carbocycles. The van der Waals surface area contributed by atoms with Crippen LogP contribution in [0.5, 0.6) is 5.75 Å². The summed E-state index contributed by atoms with van der Waals surface area (Å²) in [5.41, 5.74) is 1.94. The average Bonchev–Trinajstić information content (AvgIpc) is 3.54. The maximum Gasteiger partial charge on any atom is 0.241 e. The topological polar surface area (TPSA) is 66.0 Å². The Balaban J connectivity index is 0.00000341. The van der Waals surface area contributed by atoms with E-state index < -0.39 is 0 Å². The van der Waals surface area contributed by atoms with Gasteiger partial charge in [-0.15, -0.1) is 24.0 Å². The fourth-order valence-corrected chi connectivity index (χ4v) is 3.18. The molecule has 1 aliphatic carbocycles. The molecule has 0 radical (unpaired) electrons. The molecule has 0 heterocycles. The number of ether oxygens (including phenoxy) is 1. The average molecular weight is 540 g/mol. The van der Waals surface area contributed by atoms with E-state index in [1.54, 1.807) is 33.3 Å². The molecular weight excluding hydrogens is 510 g/mol. The van der Waals surface area contributed by atoms with E-state index in [9.17, 15) is 9.18 Å². The van der Waals surface area contributed by atoms with Gasteiger partial charge in [0, 0.05) is 26.1 Å². The van der Waals surface area contributed by atoms with Crippen LogP contribution in [-0.2, 0) is 16.8 Å². The van der Waals surface area contributed by atoms with Gasteiger partial charge in [0.2, 0.25) is 5.91 Å². The van der Waals surface area contributed by atoms with Crippen molar-refractivity contribution in [2.45, 2.75) is 24.8 Å². The third kappa shape index (κ3) is 7.09. The van der Waals surface area contributed by atoms with Gasteiger partial charge in [-0.1, -0.05) is 24.3 Å². The minimum atomic E-state index is -0.220. The lowest BCUT2D eigenvalue weighted by Crippen LogP contribution is -2.45. The molecule has 0 bridgehead atoms. The number of methoxy groups -OCH3 is 1. The molecule has 3 rings (SSSR count). The van der Waals surface area contributed by atoms with Crippen molar-refractivity contribution in [2.24, 2.45) is 4.99 Å². The number of carbonyl (C=O) groups excluding carboxylic acids is 1. The van der Waals surface area contributed by atoms with E-state index in [0.29, 0.717) is 19.0 Å². The predicted molar refractivity (Wildman–Crippen MR) is 132 cm³/mol. The molecule has 0 aliphatic heterocycles. The smallest absolute Gasteiger partial charge is 0.241 e. The summed E-state index contributed by atoms with van der Waals surface area (Å²) in [4.78, 5) is 18.2. The first-order valence-electron chi connectivity index (χ1n) is 10.0. The van der Waals surface area contributed by atoms with Crippen molar-refractivity contribution in [3.05, 3.63) is 65.5 Å². The van der Waals surface area contributed by atoms with Gasteiger partial charge in [-0.25, -0.2) is 9.38 Å². The molecule has 8 heteroatoms. The summed E-state index contributed by atoms with van der Waals surface area (Å²) in [6, 6.07) is 14.5. The normalized spacial score (nSPS) is 14.3. The molecular formula is C23H30FIN4O2. The van der Waals surface area contributed by atoms with Crippen molar-refractivity contribution >= 4 is 35.8 Å². The molecule has 1 amide bonds. The van der Waals surface area contributed by atoms with Gasteiger partial charge in [-0.3, -0.25) is 4.79 Å². The zero-order valence-corrected chi connectivity index (χ0v) is 20.5. The Morgan fingerprint density at radius 1 is 1.16 bits per heavy atom. The number of guanidine groups is 1. The molecule has 2 N–H and O–H groups in total. The van der Waals surface area contributed by atoms with Crippen molar-refractivity contribution in [2.75, 3.05) is 34.3 Å². The van der Waals surface area contributed by atoms with Gasteiger partial charge in [0.1, 0.15) is 11.6 Å². The van der Waals surface area contributed by atoms with E-state index in [4.69, 9.17) is 4.74 Å². The number of rotatable bonds is 8. The number of hydrogen-bond donors (Lipinski definition) is 2. The first kappa shape index (κ1) is 24.9. The van der Waals surface area contributed by atoms with Crippen LogP contribution in [0.4, 0.5) is 4.39 Å². The van der Waals surface area contributed by atoms with Gasteiger partial charge in [0.25, 0.3) is 0 Å². The lowest BCUT2D eigenvalue weighted by Gasteiger charge is -2.20. The highest BCUT2D eigenvalue weighted by Crippen LogP contribution is 2.47. The van der Waals surface area contributed by atoms with Crippen LogP contribution >= 0.6 is 24.0 Å². The maximum absolute atomic E-state index is 13.7. The van der Waals surface area contributed by atoms with Crippen LogP contribution in [0, 0.1) is 5.82 Å². The Labute approximate surface area is 200 Å². The number of nitrogens with one attached hydrogen (secondary N) is 2. The van der Waals surface area contributed by atoms with Gasteiger partial charge in [0.05, 0.1) is 20.2 Å². The minimum absolute atomic E-state index is 0. The zero-order chi connectivity index (χ0) is 21.6. The Kier molecular flexibility index (Phi) is 9.09. The summed E-state index contributed by atoms with van der Waals surface area (Å²) in [6.45, 7) is 1.23. The highest BCUT2D eigenvalue weighted by atomic mass is 127. The van der Waals surface area contributed by atoms with E-state index >= 15 is 0 Å². The van der Waals surface area contributed by atoms with Crippen molar-refractivity contribution in [1.29, 1.82) is 0 Å². The molecule has 1 fully saturated rings. The van der Waals surface area contributed by atoms with E-state index in [-0.39, 0.29) is 47.7 Å². The Hall–Kier alpha value is -2.36. The van der Waals surface area contributed by atoms with Crippen LogP contribution in [0.2, 0.25) is 0 Å². The second kappa shape index (κ2) is 11.3. The van der Waals surface area contributed by atoms with Crippen molar-refractivity contribution in [3.8, 4) is 5.75 Å². The number of halogens is 2. The van der Waals surface area contributed by atoms with Crippen molar-refractivity contribution in [3.63, 3.8) is 0 Å². The first-order chi connectivity index (χ1) is 14.4. The van der Waals surface area contributed by atoms with Crippen LogP contribution in [0.15, 0.2) is 53.5 Å². The van der Waals surface area contributed by atoms with Crippen molar-refractivity contribution < 1.29 is 13.9 Å². The molecule has 0 atom stereocenters. The standard InChI is InChI=1S/C23H29FN4O2.HI/c1-28(2)21(29)15-26-22(25-14-17-7-9-20(30-3)10-8-17)27-16-23(11-12-23)18-5-4-6-19(24)13-18;/h4-10,13H,11-12,14-16H2,1-3H3,(H2,25,26,27);1H. The number of amides is 1. The second-order valence-electron chi connectivity index (χ2n) is 7.80. The number of carbonyl (C=O) groups is 1. The number of aliphatic imine (C=N–C) groups is 1. The van der Waals surface area contributed by atoms with Crippen LogP contribution in [0.1, 0.15) is 24.0 Å². The fourth-order valence-electron chi connectivity index (χ4n) is 3.18. The number of hydrogen-bond acceptors (Lipinski definition) is 3. The quantitative estimate of drug-likeness (QED) is 0.307. The lowest BCUT2D eigenvalue weighted by atomic mass is 9.96. The zero-order valence-electron chi connectivity index (χ0n) is 18.2. The SMILES string of the molecule is COc1ccc(CN=C(NCC(=O)N(C)C)NCC2(c3cccc(F)c3)CC2)cc1.I. The van der Waals surface area contributed by atoms with Crippen molar-refractivity contribution in [1.82, 2.24) is 15.5 Å². The second-order valence-corrected chi connectivity index (χ2v) is 7.80. The van der Waals surface area contributed by atoms with Gasteiger partial charge in [0.15, 0.2) is 5.96 Å². The summed E-state index contributed by atoms with van der Waals surface area (Å²) in [7, 11) is 5.07. The molecule has 0 aromatic heterocycles. The Morgan fingerprint density at radius 2 is 1.87 bits per heavy atom. The largest absolute Gasteiger partial charge is 0.497 e. The molecule has 168 valence electrons. The van der Waals surface area contributed by atoms with Gasteiger partial charge in [-0.05, 0) is 48.2 Å². The molecule has 2 aromatic rings. The Morgan fingerprint density at radius 3 is 2.45 bits per heavy atom. The summed E-state index contributed by atoms with van der Waals surface area (Å²) in [5, 5.41) is 6.45. The molecule has 31 heavy (non-hydrogen) atoms. The first-order valence-corrected chi connectivity index (χ1v) is 10.0.